The molecule has 0 saturated heterocycles. The molecule has 0 heterocycles. The fourth-order valence-electron chi connectivity index (χ4n) is 3.05. The van der Waals surface area contributed by atoms with E-state index in [9.17, 15) is 33.9 Å². The van der Waals surface area contributed by atoms with Crippen LogP contribution in [0.5, 0.6) is 0 Å². The summed E-state index contributed by atoms with van der Waals surface area (Å²) in [5.41, 5.74) is 21.3. The van der Waals surface area contributed by atoms with Crippen LogP contribution in [0.3, 0.4) is 0 Å². The third kappa shape index (κ3) is 15.5. The van der Waals surface area contributed by atoms with Crippen molar-refractivity contribution >= 4 is 53.3 Å². The number of carbonyl (C=O) groups excluding carboxylic acids is 4. The molecular formula is C21H38N8O8S. The first-order valence-corrected chi connectivity index (χ1v) is 13.1. The zero-order chi connectivity index (χ0) is 29.3. The number of carbonyl (C=O) groups is 6. The standard InChI is InChI=1S/C21H38N8O8S/c1-38-10-8-13(27-17(33)11(22)4-7-16(31)32)19(35)28-12(5-6-15(23)30)18(34)29-14(20(36)37)3-2-9-26-21(24)25/h11-14H,2-10,22H2,1H3,(H2,23,30)(H,27,33)(H,28,35)(H,29,34)(H,31,32)(H,36,37)(H4,24,25,26). The fourth-order valence-corrected chi connectivity index (χ4v) is 3.53. The summed E-state index contributed by atoms with van der Waals surface area (Å²) in [6, 6.07) is -4.99. The van der Waals surface area contributed by atoms with E-state index in [4.69, 9.17) is 28.0 Å². The number of hydrogen-bond acceptors (Lipinski definition) is 9. The maximum atomic E-state index is 13.0. The van der Waals surface area contributed by atoms with Crippen molar-refractivity contribution in [1.29, 1.82) is 0 Å². The number of aliphatic imine (C=N–C) groups is 1. The Morgan fingerprint density at radius 3 is 1.84 bits per heavy atom. The second-order valence-electron chi connectivity index (χ2n) is 8.30. The van der Waals surface area contributed by atoms with Crippen LogP contribution in [0, 0.1) is 0 Å². The van der Waals surface area contributed by atoms with Crippen molar-refractivity contribution in [2.24, 2.45) is 27.9 Å². The number of carboxylic acids is 2. The molecule has 0 aliphatic carbocycles. The van der Waals surface area contributed by atoms with Crippen LogP contribution in [-0.2, 0) is 28.8 Å². The minimum atomic E-state index is -1.34. The Balaban J connectivity index is 5.51. The second kappa shape index (κ2) is 18.6. The topological polar surface area (TPSA) is 295 Å². The highest BCUT2D eigenvalue weighted by Gasteiger charge is 2.30. The van der Waals surface area contributed by atoms with Gasteiger partial charge in [0, 0.05) is 19.4 Å². The van der Waals surface area contributed by atoms with E-state index >= 15 is 0 Å². The SMILES string of the molecule is CSCCC(NC(=O)C(N)CCC(=O)O)C(=O)NC(CCC(N)=O)C(=O)NC(CCCN=C(N)N)C(=O)O. The van der Waals surface area contributed by atoms with Crippen LogP contribution in [0.4, 0.5) is 0 Å². The third-order valence-corrected chi connectivity index (χ3v) is 5.77. The van der Waals surface area contributed by atoms with Gasteiger partial charge in [0.05, 0.1) is 6.04 Å². The zero-order valence-electron chi connectivity index (χ0n) is 21.2. The molecular weight excluding hydrogens is 524 g/mol. The number of carboxylic acid groups (broad SMARTS) is 2. The maximum absolute atomic E-state index is 13.0. The van der Waals surface area contributed by atoms with Crippen LogP contribution in [0.15, 0.2) is 4.99 Å². The molecule has 0 aromatic heterocycles. The quantitative estimate of drug-likeness (QED) is 0.0402. The molecule has 0 saturated carbocycles. The average Bonchev–Trinajstić information content (AvgIpc) is 2.83. The van der Waals surface area contributed by atoms with E-state index in [-0.39, 0.29) is 57.5 Å². The molecule has 0 radical (unpaired) electrons. The van der Waals surface area contributed by atoms with Gasteiger partial charge in [0.15, 0.2) is 5.96 Å². The van der Waals surface area contributed by atoms with Gasteiger partial charge in [0.25, 0.3) is 0 Å². The number of guanidine groups is 1. The van der Waals surface area contributed by atoms with Crippen molar-refractivity contribution in [1.82, 2.24) is 16.0 Å². The Morgan fingerprint density at radius 1 is 0.789 bits per heavy atom. The number of primary amides is 1. The summed E-state index contributed by atoms with van der Waals surface area (Å²) in [5, 5.41) is 25.4. The summed E-state index contributed by atoms with van der Waals surface area (Å²) >= 11 is 1.39. The zero-order valence-corrected chi connectivity index (χ0v) is 22.0. The summed E-state index contributed by atoms with van der Waals surface area (Å²) in [5.74, 6) is -5.34. The lowest BCUT2D eigenvalue weighted by atomic mass is 10.1. The Bertz CT molecular complexity index is 868. The first kappa shape index (κ1) is 34.4. The number of amides is 4. The summed E-state index contributed by atoms with van der Waals surface area (Å²) in [6.45, 7) is 0.134. The molecule has 4 amide bonds. The number of nitrogens with zero attached hydrogens (tertiary/aromatic N) is 1. The molecule has 0 aromatic carbocycles. The van der Waals surface area contributed by atoms with Gasteiger partial charge in [-0.2, -0.15) is 11.8 Å². The Morgan fingerprint density at radius 2 is 1.34 bits per heavy atom. The molecule has 16 nitrogen and oxygen atoms in total. The summed E-state index contributed by atoms with van der Waals surface area (Å²) in [7, 11) is 0. The van der Waals surface area contributed by atoms with Crippen molar-refractivity contribution < 1.29 is 39.0 Å². The van der Waals surface area contributed by atoms with Crippen molar-refractivity contribution in [3.63, 3.8) is 0 Å². The molecule has 17 heteroatoms. The molecule has 216 valence electrons. The molecule has 4 atom stereocenters. The molecule has 38 heavy (non-hydrogen) atoms. The van der Waals surface area contributed by atoms with Gasteiger partial charge < -0.3 is 49.1 Å². The van der Waals surface area contributed by atoms with E-state index in [1.807, 2.05) is 0 Å². The van der Waals surface area contributed by atoms with Crippen molar-refractivity contribution in [3.05, 3.63) is 0 Å². The number of hydrogen-bond donors (Lipinski definition) is 9. The lowest BCUT2D eigenvalue weighted by Gasteiger charge is -2.25. The summed E-state index contributed by atoms with van der Waals surface area (Å²) < 4.78 is 0. The minimum Gasteiger partial charge on any atom is -0.481 e. The van der Waals surface area contributed by atoms with E-state index in [1.54, 1.807) is 6.26 Å². The van der Waals surface area contributed by atoms with E-state index in [0.29, 0.717) is 5.75 Å². The smallest absolute Gasteiger partial charge is 0.326 e. The number of nitrogens with two attached hydrogens (primary N) is 4. The summed E-state index contributed by atoms with van der Waals surface area (Å²) in [4.78, 5) is 75.7. The first-order chi connectivity index (χ1) is 17.8. The molecule has 0 spiro atoms. The van der Waals surface area contributed by atoms with Crippen molar-refractivity contribution in [2.45, 2.75) is 69.1 Å². The molecule has 13 N–H and O–H groups in total. The lowest BCUT2D eigenvalue weighted by Crippen LogP contribution is -2.57. The molecule has 0 rings (SSSR count). The van der Waals surface area contributed by atoms with E-state index in [1.165, 1.54) is 11.8 Å². The van der Waals surface area contributed by atoms with Gasteiger partial charge in [-0.05, 0) is 44.1 Å². The maximum Gasteiger partial charge on any atom is 0.326 e. The molecule has 0 aliphatic rings. The first-order valence-electron chi connectivity index (χ1n) is 11.7. The lowest BCUT2D eigenvalue weighted by molar-refractivity contribution is -0.142. The van der Waals surface area contributed by atoms with Gasteiger partial charge in [-0.1, -0.05) is 0 Å². The van der Waals surface area contributed by atoms with Gasteiger partial charge >= 0.3 is 11.9 Å². The fraction of sp³-hybridized carbons (Fsp3) is 0.667. The van der Waals surface area contributed by atoms with Gasteiger partial charge in [-0.25, -0.2) is 4.79 Å². The van der Waals surface area contributed by atoms with Gasteiger partial charge in [0.2, 0.25) is 23.6 Å². The predicted octanol–water partition coefficient (Wildman–Crippen LogP) is -3.21. The van der Waals surface area contributed by atoms with Crippen LogP contribution >= 0.6 is 11.8 Å². The molecule has 0 aliphatic heterocycles. The van der Waals surface area contributed by atoms with Crippen LogP contribution in [0.1, 0.15) is 44.9 Å². The second-order valence-corrected chi connectivity index (χ2v) is 9.28. The van der Waals surface area contributed by atoms with Crippen molar-refractivity contribution in [3.8, 4) is 0 Å². The highest BCUT2D eigenvalue weighted by atomic mass is 32.2. The average molecular weight is 563 g/mol. The number of nitrogens with one attached hydrogen (secondary N) is 3. The summed E-state index contributed by atoms with van der Waals surface area (Å²) in [6.07, 6.45) is 1.13. The molecule has 0 aromatic rings. The molecule has 0 fully saturated rings. The molecule has 4 unspecified atom stereocenters. The van der Waals surface area contributed by atoms with Crippen molar-refractivity contribution in [2.75, 3.05) is 18.6 Å². The van der Waals surface area contributed by atoms with Crippen LogP contribution < -0.4 is 38.9 Å². The minimum absolute atomic E-state index is 0.0189. The number of thioether (sulfide) groups is 1. The number of aliphatic carboxylic acids is 2. The molecule has 0 bridgehead atoms. The third-order valence-electron chi connectivity index (χ3n) is 5.12. The monoisotopic (exact) mass is 562 g/mol. The van der Waals surface area contributed by atoms with E-state index in [0.717, 1.165) is 0 Å². The Labute approximate surface area is 224 Å². The normalized spacial score (nSPS) is 13.7. The predicted molar refractivity (Wildman–Crippen MR) is 140 cm³/mol. The van der Waals surface area contributed by atoms with Gasteiger partial charge in [-0.15, -0.1) is 0 Å². The van der Waals surface area contributed by atoms with Gasteiger partial charge in [-0.3, -0.25) is 29.0 Å². The van der Waals surface area contributed by atoms with E-state index < -0.39 is 59.7 Å². The van der Waals surface area contributed by atoms with E-state index in [2.05, 4.69) is 20.9 Å². The largest absolute Gasteiger partial charge is 0.481 e. The number of rotatable bonds is 20. The van der Waals surface area contributed by atoms with Crippen LogP contribution in [0.2, 0.25) is 0 Å². The highest BCUT2D eigenvalue weighted by molar-refractivity contribution is 7.98. The highest BCUT2D eigenvalue weighted by Crippen LogP contribution is 2.07. The van der Waals surface area contributed by atoms with Crippen LogP contribution in [0.25, 0.3) is 0 Å². The van der Waals surface area contributed by atoms with Gasteiger partial charge in [0.1, 0.15) is 18.1 Å². The Hall–Kier alpha value is -3.60. The Kier molecular flexibility index (Phi) is 16.9. The van der Waals surface area contributed by atoms with Crippen LogP contribution in [-0.4, -0.2) is 94.5 Å².